The van der Waals surface area contributed by atoms with Crippen molar-refractivity contribution in [3.05, 3.63) is 54.9 Å². The van der Waals surface area contributed by atoms with Gasteiger partial charge in [0.05, 0.1) is 17.9 Å². The van der Waals surface area contributed by atoms with E-state index >= 15 is 0 Å². The highest BCUT2D eigenvalue weighted by atomic mass is 32.2. The van der Waals surface area contributed by atoms with Crippen molar-refractivity contribution in [2.75, 3.05) is 32.7 Å². The van der Waals surface area contributed by atoms with Crippen LogP contribution in [0.3, 0.4) is 0 Å². The lowest BCUT2D eigenvalue weighted by molar-refractivity contribution is 0.160. The predicted octanol–water partition coefficient (Wildman–Crippen LogP) is 2.48. The van der Waals surface area contributed by atoms with Crippen molar-refractivity contribution in [2.45, 2.75) is 31.3 Å². The largest absolute Gasteiger partial charge is 0.346 e. The fourth-order valence-electron chi connectivity index (χ4n) is 4.41. The van der Waals surface area contributed by atoms with Crippen LogP contribution >= 0.6 is 0 Å². The molecule has 5 heterocycles. The van der Waals surface area contributed by atoms with E-state index in [4.69, 9.17) is 0 Å². The highest BCUT2D eigenvalue weighted by Gasteiger charge is 2.30. The van der Waals surface area contributed by atoms with E-state index in [2.05, 4.69) is 36.9 Å². The summed E-state index contributed by atoms with van der Waals surface area (Å²) >= 11 is 0. The number of nitrogens with one attached hydrogen (secondary N) is 1. The zero-order valence-corrected chi connectivity index (χ0v) is 20.1. The second kappa shape index (κ2) is 9.24. The molecule has 0 amide bonds. The number of aromatic nitrogens is 6. The molecule has 4 aromatic rings. The van der Waals surface area contributed by atoms with Crippen molar-refractivity contribution in [1.82, 2.24) is 38.9 Å². The van der Waals surface area contributed by atoms with Gasteiger partial charge in [0.25, 0.3) is 10.0 Å². The number of nitrogens with zero attached hydrogens (tertiary/aromatic N) is 7. The molecule has 1 aliphatic heterocycles. The van der Waals surface area contributed by atoms with Gasteiger partial charge >= 0.3 is 0 Å². The summed E-state index contributed by atoms with van der Waals surface area (Å²) in [5.41, 5.74) is 3.31. The molecule has 0 spiro atoms. The third kappa shape index (κ3) is 4.33. The number of aryl methyl sites for hydroxylation is 1. The van der Waals surface area contributed by atoms with Gasteiger partial charge in [-0.05, 0) is 31.5 Å². The monoisotopic (exact) mass is 480 g/mol. The molecule has 0 radical (unpaired) electrons. The first-order chi connectivity index (χ1) is 16.5. The van der Waals surface area contributed by atoms with E-state index in [0.29, 0.717) is 31.9 Å². The van der Waals surface area contributed by atoms with E-state index in [1.165, 1.54) is 4.31 Å². The van der Waals surface area contributed by atoms with Gasteiger partial charge in [0, 0.05) is 61.8 Å². The molecule has 1 unspecified atom stereocenters. The second-order valence-corrected chi connectivity index (χ2v) is 10.4. The summed E-state index contributed by atoms with van der Waals surface area (Å²) in [4.78, 5) is 18.4. The van der Waals surface area contributed by atoms with Gasteiger partial charge in [-0.25, -0.2) is 23.4 Å². The summed E-state index contributed by atoms with van der Waals surface area (Å²) in [6.07, 6.45) is 8.21. The molecular formula is C23H28N8O2S. The van der Waals surface area contributed by atoms with E-state index < -0.39 is 10.0 Å². The maximum Gasteiger partial charge on any atom is 0.260 e. The van der Waals surface area contributed by atoms with Crippen molar-refractivity contribution in [3.63, 3.8) is 0 Å². The Kier molecular flexibility index (Phi) is 6.15. The smallest absolute Gasteiger partial charge is 0.260 e. The van der Waals surface area contributed by atoms with Gasteiger partial charge in [0.15, 0.2) is 5.03 Å². The summed E-state index contributed by atoms with van der Waals surface area (Å²) in [5, 5.41) is 5.72. The molecule has 34 heavy (non-hydrogen) atoms. The van der Waals surface area contributed by atoms with Gasteiger partial charge in [0.1, 0.15) is 12.0 Å². The summed E-state index contributed by atoms with van der Waals surface area (Å²) in [6, 6.07) is 7.25. The van der Waals surface area contributed by atoms with Crippen molar-refractivity contribution in [3.8, 4) is 11.3 Å². The Bertz CT molecular complexity index is 1390. The summed E-state index contributed by atoms with van der Waals surface area (Å²) in [6.45, 7) is 6.99. The normalized spacial score (nSPS) is 16.8. The molecule has 1 N–H and O–H groups in total. The fraction of sp³-hybridized carbons (Fsp3) is 0.391. The predicted molar refractivity (Wildman–Crippen MR) is 129 cm³/mol. The molecule has 11 heteroatoms. The Balaban J connectivity index is 1.25. The van der Waals surface area contributed by atoms with Gasteiger partial charge in [0.2, 0.25) is 0 Å². The lowest BCUT2D eigenvalue weighted by Crippen LogP contribution is -2.49. The van der Waals surface area contributed by atoms with E-state index in [1.807, 2.05) is 29.3 Å². The highest BCUT2D eigenvalue weighted by Crippen LogP contribution is 2.26. The quantitative estimate of drug-likeness (QED) is 0.432. The average Bonchev–Trinajstić information content (AvgIpc) is 3.53. The van der Waals surface area contributed by atoms with Crippen LogP contribution in [0.25, 0.3) is 22.3 Å². The molecule has 1 atom stereocenters. The summed E-state index contributed by atoms with van der Waals surface area (Å²) in [7, 11) is -3.57. The Morgan fingerprint density at radius 2 is 1.94 bits per heavy atom. The molecule has 10 nitrogen and oxygen atoms in total. The standard InChI is InChI=1S/C23H28N8O2S/c1-3-19(31-14-18(13-27-31)22-20-7-8-24-23(20)26-16-25-22)15-29-9-11-30(12-10-29)34(32,33)21-6-4-5-17(2)28-21/h4-8,13-14,16,19H,3,9-12,15H2,1-2H3,(H,24,25,26). The number of pyridine rings is 1. The Morgan fingerprint density at radius 1 is 1.12 bits per heavy atom. The minimum absolute atomic E-state index is 0.123. The molecule has 1 aliphatic rings. The Hall–Kier alpha value is -3.15. The van der Waals surface area contributed by atoms with Crippen LogP contribution in [0, 0.1) is 6.92 Å². The third-order valence-electron chi connectivity index (χ3n) is 6.34. The number of H-pyrrole nitrogens is 1. The van der Waals surface area contributed by atoms with E-state index in [-0.39, 0.29) is 11.1 Å². The van der Waals surface area contributed by atoms with Crippen LogP contribution in [0.2, 0.25) is 0 Å². The SMILES string of the molecule is CCC(CN1CCN(S(=O)(=O)c2cccc(C)n2)CC1)n1cc(-c2ncnc3[nH]ccc23)cn1. The van der Waals surface area contributed by atoms with Crippen molar-refractivity contribution in [2.24, 2.45) is 0 Å². The maximum absolute atomic E-state index is 13.0. The minimum atomic E-state index is -3.57. The molecule has 0 bridgehead atoms. The fourth-order valence-corrected chi connectivity index (χ4v) is 5.83. The van der Waals surface area contributed by atoms with Crippen LogP contribution in [0.4, 0.5) is 0 Å². The molecule has 178 valence electrons. The Morgan fingerprint density at radius 3 is 2.71 bits per heavy atom. The molecule has 5 rings (SSSR count). The van der Waals surface area contributed by atoms with Crippen LogP contribution < -0.4 is 0 Å². The molecule has 0 saturated carbocycles. The first-order valence-electron chi connectivity index (χ1n) is 11.4. The number of rotatable bonds is 7. The molecule has 1 fully saturated rings. The first kappa shape index (κ1) is 22.6. The third-order valence-corrected chi connectivity index (χ3v) is 8.14. The van der Waals surface area contributed by atoms with E-state index in [1.54, 1.807) is 31.5 Å². The van der Waals surface area contributed by atoms with E-state index in [9.17, 15) is 8.42 Å². The van der Waals surface area contributed by atoms with Gasteiger partial charge in [-0.2, -0.15) is 9.40 Å². The topological polar surface area (TPSA) is 113 Å². The van der Waals surface area contributed by atoms with Crippen LogP contribution in [0.1, 0.15) is 25.1 Å². The number of hydrogen-bond donors (Lipinski definition) is 1. The Labute approximate surface area is 198 Å². The molecule has 0 aromatic carbocycles. The first-order valence-corrected chi connectivity index (χ1v) is 12.9. The number of hydrogen-bond acceptors (Lipinski definition) is 7. The van der Waals surface area contributed by atoms with Crippen molar-refractivity contribution in [1.29, 1.82) is 0 Å². The van der Waals surface area contributed by atoms with Gasteiger partial charge in [-0.3, -0.25) is 9.58 Å². The van der Waals surface area contributed by atoms with Crippen LogP contribution in [-0.4, -0.2) is 80.1 Å². The van der Waals surface area contributed by atoms with Crippen LogP contribution in [-0.2, 0) is 10.0 Å². The number of fused-ring (bicyclic) bond motifs is 1. The lowest BCUT2D eigenvalue weighted by Gasteiger charge is -2.35. The lowest BCUT2D eigenvalue weighted by atomic mass is 10.1. The van der Waals surface area contributed by atoms with Gasteiger partial charge < -0.3 is 4.98 Å². The molecule has 0 aliphatic carbocycles. The maximum atomic E-state index is 13.0. The molecular weight excluding hydrogens is 452 g/mol. The number of aromatic amines is 1. The highest BCUT2D eigenvalue weighted by molar-refractivity contribution is 7.89. The number of piperazine rings is 1. The van der Waals surface area contributed by atoms with Crippen molar-refractivity contribution >= 4 is 21.1 Å². The van der Waals surface area contributed by atoms with Crippen LogP contribution in [0.15, 0.2) is 54.2 Å². The van der Waals surface area contributed by atoms with Crippen LogP contribution in [0.5, 0.6) is 0 Å². The average molecular weight is 481 g/mol. The summed E-state index contributed by atoms with van der Waals surface area (Å²) in [5.74, 6) is 0. The van der Waals surface area contributed by atoms with E-state index in [0.717, 1.165) is 35.3 Å². The zero-order chi connectivity index (χ0) is 23.7. The number of sulfonamides is 1. The molecule has 1 saturated heterocycles. The van der Waals surface area contributed by atoms with Gasteiger partial charge in [-0.15, -0.1) is 0 Å². The van der Waals surface area contributed by atoms with Gasteiger partial charge in [-0.1, -0.05) is 13.0 Å². The van der Waals surface area contributed by atoms with Crippen molar-refractivity contribution < 1.29 is 8.42 Å². The minimum Gasteiger partial charge on any atom is -0.346 e. The summed E-state index contributed by atoms with van der Waals surface area (Å²) < 4.78 is 29.5. The second-order valence-electron chi connectivity index (χ2n) is 8.56. The molecule has 4 aromatic heterocycles. The zero-order valence-electron chi connectivity index (χ0n) is 19.3.